The molecule has 0 aromatic heterocycles. The van der Waals surface area contributed by atoms with E-state index in [2.05, 4.69) is 38.0 Å². The second-order valence-electron chi connectivity index (χ2n) is 6.20. The lowest BCUT2D eigenvalue weighted by molar-refractivity contribution is 0.0565. The van der Waals surface area contributed by atoms with Crippen LogP contribution in [0, 0.1) is 5.92 Å². The smallest absolute Gasteiger partial charge is 0.0394 e. The molecule has 0 spiro atoms. The molecule has 1 saturated heterocycles. The van der Waals surface area contributed by atoms with Crippen LogP contribution in [-0.4, -0.2) is 29.6 Å². The van der Waals surface area contributed by atoms with Gasteiger partial charge in [0.2, 0.25) is 0 Å². The quantitative estimate of drug-likeness (QED) is 0.517. The number of likely N-dealkylation sites (tertiary alicyclic amines) is 1. The highest BCUT2D eigenvalue weighted by molar-refractivity contribution is 4.99. The maximum absolute atomic E-state index is 5.89. The number of rotatable bonds is 8. The summed E-state index contributed by atoms with van der Waals surface area (Å²) in [7, 11) is 0. The molecular formula is C15H33N3. The van der Waals surface area contributed by atoms with Gasteiger partial charge in [-0.1, -0.05) is 27.7 Å². The molecule has 0 aliphatic carbocycles. The van der Waals surface area contributed by atoms with Crippen molar-refractivity contribution < 1.29 is 0 Å². The van der Waals surface area contributed by atoms with Crippen molar-refractivity contribution >= 4 is 0 Å². The summed E-state index contributed by atoms with van der Waals surface area (Å²) in [5.74, 6) is 6.64. The lowest BCUT2D eigenvalue weighted by Crippen LogP contribution is -2.61. The first kappa shape index (κ1) is 15.9. The van der Waals surface area contributed by atoms with Crippen LogP contribution in [-0.2, 0) is 0 Å². The first-order valence-electron chi connectivity index (χ1n) is 7.81. The minimum absolute atomic E-state index is 0.264. The molecule has 1 aliphatic heterocycles. The summed E-state index contributed by atoms with van der Waals surface area (Å²) in [6.07, 6.45) is 7.52. The SMILES string of the molecule is CCC(CC)(C(CCC(C)C)NN)N1CCCC1. The predicted octanol–water partition coefficient (Wildman–Crippen LogP) is 2.91. The number of nitrogens with two attached hydrogens (primary N) is 1. The van der Waals surface area contributed by atoms with Gasteiger partial charge in [0.05, 0.1) is 0 Å². The molecule has 1 heterocycles. The van der Waals surface area contributed by atoms with Crippen molar-refractivity contribution in [1.82, 2.24) is 10.3 Å². The van der Waals surface area contributed by atoms with E-state index in [4.69, 9.17) is 5.84 Å². The van der Waals surface area contributed by atoms with Gasteiger partial charge >= 0.3 is 0 Å². The summed E-state index contributed by atoms with van der Waals surface area (Å²) in [5.41, 5.74) is 3.40. The standard InChI is InChI=1S/C15H33N3/c1-5-15(6-2,18-11-7-8-12-18)14(17-16)10-9-13(3)4/h13-14,17H,5-12,16H2,1-4H3. The third kappa shape index (κ3) is 3.46. The highest BCUT2D eigenvalue weighted by Gasteiger charge is 2.41. The van der Waals surface area contributed by atoms with Crippen molar-refractivity contribution in [1.29, 1.82) is 0 Å². The Kier molecular flexibility index (Phi) is 6.61. The van der Waals surface area contributed by atoms with Crippen LogP contribution >= 0.6 is 0 Å². The van der Waals surface area contributed by atoms with Crippen molar-refractivity contribution in [3.8, 4) is 0 Å². The zero-order valence-corrected chi connectivity index (χ0v) is 12.8. The second-order valence-corrected chi connectivity index (χ2v) is 6.20. The number of hydrazine groups is 1. The van der Waals surface area contributed by atoms with Gasteiger partial charge in [0, 0.05) is 11.6 Å². The maximum atomic E-state index is 5.89. The van der Waals surface area contributed by atoms with E-state index < -0.39 is 0 Å². The van der Waals surface area contributed by atoms with Crippen LogP contribution < -0.4 is 11.3 Å². The second kappa shape index (κ2) is 7.46. The molecule has 1 fully saturated rings. The average Bonchev–Trinajstić information content (AvgIpc) is 2.88. The molecule has 3 nitrogen and oxygen atoms in total. The molecule has 0 radical (unpaired) electrons. The van der Waals surface area contributed by atoms with Crippen LogP contribution in [0.25, 0.3) is 0 Å². The fourth-order valence-corrected chi connectivity index (χ4v) is 3.58. The Morgan fingerprint density at radius 3 is 2.06 bits per heavy atom. The fourth-order valence-electron chi connectivity index (χ4n) is 3.58. The lowest BCUT2D eigenvalue weighted by atomic mass is 9.80. The van der Waals surface area contributed by atoms with Crippen molar-refractivity contribution in [2.24, 2.45) is 11.8 Å². The molecule has 0 bridgehead atoms. The van der Waals surface area contributed by atoms with Gasteiger partial charge in [0.15, 0.2) is 0 Å². The van der Waals surface area contributed by atoms with Gasteiger partial charge in [-0.05, 0) is 57.5 Å². The van der Waals surface area contributed by atoms with Crippen LogP contribution in [0.4, 0.5) is 0 Å². The first-order valence-corrected chi connectivity index (χ1v) is 7.81. The Balaban J connectivity index is 2.78. The Labute approximate surface area is 113 Å². The minimum Gasteiger partial charge on any atom is -0.296 e. The van der Waals surface area contributed by atoms with E-state index in [-0.39, 0.29) is 5.54 Å². The number of hydrogen-bond acceptors (Lipinski definition) is 3. The summed E-state index contributed by atoms with van der Waals surface area (Å²) in [6, 6.07) is 0.424. The Morgan fingerprint density at radius 1 is 1.11 bits per heavy atom. The van der Waals surface area contributed by atoms with Crippen LogP contribution in [0.15, 0.2) is 0 Å². The molecular weight excluding hydrogens is 222 g/mol. The van der Waals surface area contributed by atoms with E-state index in [9.17, 15) is 0 Å². The van der Waals surface area contributed by atoms with E-state index in [1.165, 1.54) is 51.6 Å². The highest BCUT2D eigenvalue weighted by atomic mass is 15.3. The zero-order valence-electron chi connectivity index (χ0n) is 12.8. The number of nitrogens with zero attached hydrogens (tertiary/aromatic N) is 1. The van der Waals surface area contributed by atoms with Gasteiger partial charge in [0.1, 0.15) is 0 Å². The van der Waals surface area contributed by atoms with Gasteiger partial charge in [-0.15, -0.1) is 0 Å². The molecule has 1 unspecified atom stereocenters. The third-order valence-corrected chi connectivity index (χ3v) is 4.84. The van der Waals surface area contributed by atoms with E-state index >= 15 is 0 Å². The fraction of sp³-hybridized carbons (Fsp3) is 1.00. The molecule has 1 rings (SSSR count). The van der Waals surface area contributed by atoms with Gasteiger partial charge in [-0.2, -0.15) is 0 Å². The normalized spacial score (nSPS) is 19.7. The molecule has 108 valence electrons. The van der Waals surface area contributed by atoms with Crippen molar-refractivity contribution in [2.75, 3.05) is 13.1 Å². The number of hydrogen-bond donors (Lipinski definition) is 2. The number of nitrogens with one attached hydrogen (secondary N) is 1. The van der Waals surface area contributed by atoms with Gasteiger partial charge in [0.25, 0.3) is 0 Å². The average molecular weight is 255 g/mol. The van der Waals surface area contributed by atoms with Crippen LogP contribution in [0.3, 0.4) is 0 Å². The molecule has 3 heteroatoms. The zero-order chi connectivity index (χ0) is 13.6. The van der Waals surface area contributed by atoms with Gasteiger partial charge < -0.3 is 0 Å². The summed E-state index contributed by atoms with van der Waals surface area (Å²) < 4.78 is 0. The monoisotopic (exact) mass is 255 g/mol. The Bertz CT molecular complexity index is 218. The van der Waals surface area contributed by atoms with E-state index in [1.54, 1.807) is 0 Å². The van der Waals surface area contributed by atoms with Crippen molar-refractivity contribution in [3.63, 3.8) is 0 Å². The molecule has 18 heavy (non-hydrogen) atoms. The lowest BCUT2D eigenvalue weighted by Gasteiger charge is -2.47. The highest BCUT2D eigenvalue weighted by Crippen LogP contribution is 2.33. The van der Waals surface area contributed by atoms with Gasteiger partial charge in [-0.25, -0.2) is 0 Å². The Hall–Kier alpha value is -0.120. The van der Waals surface area contributed by atoms with E-state index in [1.807, 2.05) is 0 Å². The largest absolute Gasteiger partial charge is 0.296 e. The first-order chi connectivity index (χ1) is 8.60. The maximum Gasteiger partial charge on any atom is 0.0394 e. The molecule has 1 aliphatic rings. The van der Waals surface area contributed by atoms with Gasteiger partial charge in [-0.3, -0.25) is 16.2 Å². The molecule has 0 aromatic rings. The van der Waals surface area contributed by atoms with E-state index in [0.29, 0.717) is 6.04 Å². The Morgan fingerprint density at radius 2 is 1.67 bits per heavy atom. The van der Waals surface area contributed by atoms with Crippen LogP contribution in [0.5, 0.6) is 0 Å². The minimum atomic E-state index is 0.264. The van der Waals surface area contributed by atoms with Crippen molar-refractivity contribution in [2.45, 2.75) is 77.8 Å². The molecule has 0 saturated carbocycles. The molecule has 0 aromatic carbocycles. The van der Waals surface area contributed by atoms with Crippen LogP contribution in [0.2, 0.25) is 0 Å². The topological polar surface area (TPSA) is 41.3 Å². The molecule has 0 amide bonds. The van der Waals surface area contributed by atoms with Crippen molar-refractivity contribution in [3.05, 3.63) is 0 Å². The summed E-state index contributed by atoms with van der Waals surface area (Å²) >= 11 is 0. The summed E-state index contributed by atoms with van der Waals surface area (Å²) in [6.45, 7) is 11.7. The third-order valence-electron chi connectivity index (χ3n) is 4.84. The van der Waals surface area contributed by atoms with Crippen LogP contribution in [0.1, 0.15) is 66.2 Å². The molecule has 1 atom stereocenters. The summed E-state index contributed by atoms with van der Waals surface area (Å²) in [4.78, 5) is 2.69. The predicted molar refractivity (Wildman–Crippen MR) is 79.3 cm³/mol. The van der Waals surface area contributed by atoms with E-state index in [0.717, 1.165) is 5.92 Å². The molecule has 3 N–H and O–H groups in total. The summed E-state index contributed by atoms with van der Waals surface area (Å²) in [5, 5.41) is 0.